The lowest BCUT2D eigenvalue weighted by molar-refractivity contribution is -0.144. The first kappa shape index (κ1) is 40.0. The molecule has 12 nitrogen and oxygen atoms in total. The monoisotopic (exact) mass is 686 g/mol. The summed E-state index contributed by atoms with van der Waals surface area (Å²) in [5.74, 6) is -2.37. The fourth-order valence-corrected chi connectivity index (χ4v) is 7.50. The van der Waals surface area contributed by atoms with Crippen LogP contribution in [-0.2, 0) is 24.0 Å². The molecule has 49 heavy (non-hydrogen) atoms. The predicted molar refractivity (Wildman–Crippen MR) is 189 cm³/mol. The number of likely N-dealkylation sites (tertiary alicyclic amines) is 2. The Morgan fingerprint density at radius 2 is 1.63 bits per heavy atom. The zero-order chi connectivity index (χ0) is 36.3. The molecule has 0 aromatic rings. The van der Waals surface area contributed by atoms with Gasteiger partial charge in [-0.1, -0.05) is 73.3 Å². The lowest BCUT2D eigenvalue weighted by Crippen LogP contribution is -2.61. The Balaban J connectivity index is 1.85. The molecular formula is C37H62N6O6. The van der Waals surface area contributed by atoms with Crippen molar-refractivity contribution in [3.8, 4) is 0 Å². The Labute approximate surface area is 293 Å². The van der Waals surface area contributed by atoms with Gasteiger partial charge in [0.1, 0.15) is 12.1 Å². The summed E-state index contributed by atoms with van der Waals surface area (Å²) in [6.45, 7) is 17.1. The smallest absolute Gasteiger partial charge is 0.315 e. The van der Waals surface area contributed by atoms with Gasteiger partial charge < -0.3 is 31.1 Å². The van der Waals surface area contributed by atoms with Crippen LogP contribution in [0.5, 0.6) is 0 Å². The first-order valence-electron chi connectivity index (χ1n) is 18.6. The molecule has 1 unspecified atom stereocenters. The highest BCUT2D eigenvalue weighted by Gasteiger charge is 2.47. The summed E-state index contributed by atoms with van der Waals surface area (Å²) in [6.07, 6.45) is 9.79. The minimum atomic E-state index is -1.02. The van der Waals surface area contributed by atoms with Crippen molar-refractivity contribution in [1.29, 1.82) is 0 Å². The van der Waals surface area contributed by atoms with E-state index in [1.807, 2.05) is 46.4 Å². The number of Topliss-reactive ketones (excluding diaryl/α,β-unsaturated/α-hetero) is 1. The quantitative estimate of drug-likeness (QED) is 0.152. The molecule has 0 aromatic carbocycles. The summed E-state index contributed by atoms with van der Waals surface area (Å²) in [4.78, 5) is 84.0. The van der Waals surface area contributed by atoms with Gasteiger partial charge in [0, 0.05) is 32.6 Å². The van der Waals surface area contributed by atoms with Crippen LogP contribution in [0.15, 0.2) is 12.7 Å². The zero-order valence-corrected chi connectivity index (χ0v) is 30.8. The van der Waals surface area contributed by atoms with Crippen LogP contribution in [0, 0.1) is 23.2 Å². The molecule has 4 N–H and O–H groups in total. The van der Waals surface area contributed by atoms with Gasteiger partial charge in [-0.3, -0.25) is 24.0 Å². The van der Waals surface area contributed by atoms with E-state index in [4.69, 9.17) is 0 Å². The fourth-order valence-electron chi connectivity index (χ4n) is 7.50. The molecule has 12 heteroatoms. The van der Waals surface area contributed by atoms with Crippen LogP contribution in [0.2, 0.25) is 0 Å². The summed E-state index contributed by atoms with van der Waals surface area (Å²) in [6, 6.07) is -3.51. The van der Waals surface area contributed by atoms with Crippen molar-refractivity contribution in [1.82, 2.24) is 31.1 Å². The van der Waals surface area contributed by atoms with E-state index in [2.05, 4.69) is 27.8 Å². The van der Waals surface area contributed by atoms with Gasteiger partial charge >= 0.3 is 6.03 Å². The fraction of sp³-hybridized carbons (Fsp3) is 0.784. The molecule has 0 radical (unpaired) electrons. The Morgan fingerprint density at radius 3 is 2.22 bits per heavy atom. The molecule has 0 bridgehead atoms. The third kappa shape index (κ3) is 11.0. The minimum Gasteiger partial charge on any atom is -0.346 e. The highest BCUT2D eigenvalue weighted by Crippen LogP contribution is 2.34. The number of nitrogens with one attached hydrogen (secondary N) is 4. The van der Waals surface area contributed by atoms with E-state index >= 15 is 0 Å². The van der Waals surface area contributed by atoms with E-state index in [1.54, 1.807) is 4.90 Å². The van der Waals surface area contributed by atoms with Crippen molar-refractivity contribution in [2.24, 2.45) is 23.2 Å². The molecule has 1 aliphatic carbocycles. The predicted octanol–water partition coefficient (Wildman–Crippen LogP) is 3.69. The third-order valence-electron chi connectivity index (χ3n) is 10.5. The topological polar surface area (TPSA) is 157 Å². The summed E-state index contributed by atoms with van der Waals surface area (Å²) >= 11 is 0. The van der Waals surface area contributed by atoms with Gasteiger partial charge in [0.2, 0.25) is 23.5 Å². The maximum Gasteiger partial charge on any atom is 0.315 e. The van der Waals surface area contributed by atoms with Crippen molar-refractivity contribution in [2.75, 3.05) is 26.2 Å². The van der Waals surface area contributed by atoms with Gasteiger partial charge in [0.15, 0.2) is 0 Å². The van der Waals surface area contributed by atoms with Crippen LogP contribution in [0.4, 0.5) is 4.79 Å². The van der Waals surface area contributed by atoms with Crippen LogP contribution >= 0.6 is 0 Å². The summed E-state index contributed by atoms with van der Waals surface area (Å²) in [7, 11) is 0. The second-order valence-electron chi connectivity index (χ2n) is 15.6. The van der Waals surface area contributed by atoms with Gasteiger partial charge in [-0.05, 0) is 61.7 Å². The van der Waals surface area contributed by atoms with Crippen molar-refractivity contribution in [3.05, 3.63) is 12.7 Å². The molecular weight excluding hydrogens is 624 g/mol. The molecule has 1 saturated carbocycles. The third-order valence-corrected chi connectivity index (χ3v) is 10.5. The van der Waals surface area contributed by atoms with Gasteiger partial charge in [-0.15, -0.1) is 6.58 Å². The van der Waals surface area contributed by atoms with E-state index in [0.717, 1.165) is 44.9 Å². The number of amides is 6. The molecule has 2 saturated heterocycles. The summed E-state index contributed by atoms with van der Waals surface area (Å²) in [5, 5.41) is 11.5. The SMILES string of the molecule is C=CCNC(=O)C(=O)C(CCC)NC(=O)[C@@H]1[C@@H](C(C)C)CCN1C(=O)[C@@H](NC(=O)N[C@H](CN1CCCCC1=O)C(C)(C)C)C1CCCCC1. The maximum atomic E-state index is 14.6. The largest absolute Gasteiger partial charge is 0.346 e. The Hall–Kier alpha value is -3.44. The van der Waals surface area contributed by atoms with Gasteiger partial charge in [-0.2, -0.15) is 0 Å². The number of hydrogen-bond acceptors (Lipinski definition) is 6. The first-order valence-corrected chi connectivity index (χ1v) is 18.6. The van der Waals surface area contributed by atoms with Crippen molar-refractivity contribution >= 4 is 35.4 Å². The molecule has 276 valence electrons. The highest BCUT2D eigenvalue weighted by molar-refractivity contribution is 6.38. The van der Waals surface area contributed by atoms with Crippen LogP contribution in [0.1, 0.15) is 112 Å². The Bertz CT molecular complexity index is 1190. The first-order chi connectivity index (χ1) is 23.2. The maximum absolute atomic E-state index is 14.6. The molecule has 0 aromatic heterocycles. The number of piperidine rings is 1. The normalized spacial score (nSPS) is 22.2. The molecule has 6 amide bonds. The number of urea groups is 1. The molecule has 3 aliphatic rings. The van der Waals surface area contributed by atoms with Crippen molar-refractivity contribution in [3.63, 3.8) is 0 Å². The lowest BCUT2D eigenvalue weighted by atomic mass is 9.82. The van der Waals surface area contributed by atoms with E-state index in [1.165, 1.54) is 6.08 Å². The molecule has 2 heterocycles. The number of rotatable bonds is 15. The number of carbonyl (C=O) groups is 6. The van der Waals surface area contributed by atoms with Crippen molar-refractivity contribution in [2.45, 2.75) is 136 Å². The van der Waals surface area contributed by atoms with Crippen LogP contribution in [0.25, 0.3) is 0 Å². The Morgan fingerprint density at radius 1 is 0.939 bits per heavy atom. The van der Waals surface area contributed by atoms with E-state index in [-0.39, 0.29) is 54.0 Å². The highest BCUT2D eigenvalue weighted by atomic mass is 16.2. The van der Waals surface area contributed by atoms with Crippen LogP contribution in [-0.4, -0.2) is 95.6 Å². The molecule has 0 spiro atoms. The number of ketones is 1. The van der Waals surface area contributed by atoms with Crippen LogP contribution in [0.3, 0.4) is 0 Å². The van der Waals surface area contributed by atoms with E-state index < -0.39 is 41.8 Å². The second-order valence-corrected chi connectivity index (χ2v) is 15.6. The minimum absolute atomic E-state index is 0.0687. The summed E-state index contributed by atoms with van der Waals surface area (Å²) in [5.41, 5.74) is -0.350. The Kier molecular flexibility index (Phi) is 15.1. The van der Waals surface area contributed by atoms with Gasteiger partial charge in [-0.25, -0.2) is 4.79 Å². The van der Waals surface area contributed by atoms with Gasteiger partial charge in [0.05, 0.1) is 12.1 Å². The number of carbonyl (C=O) groups excluding carboxylic acids is 6. The number of hydrogen-bond donors (Lipinski definition) is 4. The average molecular weight is 687 g/mol. The molecule has 2 aliphatic heterocycles. The molecule has 5 atom stereocenters. The second kappa shape index (κ2) is 18.5. The van der Waals surface area contributed by atoms with Gasteiger partial charge in [0.25, 0.3) is 5.91 Å². The standard InChI is InChI=1S/C37H62N6O6/c1-8-15-27(32(45)34(47)38-20-9-2)39-33(46)31-26(24(3)4)19-22-43(31)35(48)30(25-16-11-10-12-17-25)41-36(49)40-28(37(5,6)7)23-42-21-14-13-18-29(42)44/h9,24-28,30-31H,2,8,10-23H2,1,3-7H3,(H,38,47)(H,39,46)(H2,40,41,49)/t26-,27?,28-,30+,31+/m1/s1. The molecule has 3 rings (SSSR count). The van der Waals surface area contributed by atoms with E-state index in [0.29, 0.717) is 38.9 Å². The lowest BCUT2D eigenvalue weighted by Gasteiger charge is -2.39. The summed E-state index contributed by atoms with van der Waals surface area (Å²) < 4.78 is 0. The van der Waals surface area contributed by atoms with Crippen LogP contribution < -0.4 is 21.3 Å². The number of nitrogens with zero attached hydrogens (tertiary/aromatic N) is 2. The molecule has 3 fully saturated rings. The van der Waals surface area contributed by atoms with Crippen molar-refractivity contribution < 1.29 is 28.8 Å². The average Bonchev–Trinajstić information content (AvgIpc) is 3.52. The van der Waals surface area contributed by atoms with E-state index in [9.17, 15) is 28.8 Å². The zero-order valence-electron chi connectivity index (χ0n) is 30.8.